The number of hydrogen-bond donors (Lipinski definition) is 2. The van der Waals surface area contributed by atoms with Gasteiger partial charge in [-0.25, -0.2) is 13.1 Å². The SMILES string of the molecule is CCC(C)CS(=O)(=O)NCC(O)c1ccc(C)cc1. The molecule has 0 radical (unpaired) electrons. The van der Waals surface area contributed by atoms with Crippen molar-refractivity contribution >= 4 is 10.0 Å². The Balaban J connectivity index is 2.54. The minimum atomic E-state index is -3.31. The Labute approximate surface area is 115 Å². The Morgan fingerprint density at radius 1 is 1.26 bits per heavy atom. The van der Waals surface area contributed by atoms with Crippen molar-refractivity contribution in [1.82, 2.24) is 4.72 Å². The van der Waals surface area contributed by atoms with E-state index in [1.54, 1.807) is 0 Å². The highest BCUT2D eigenvalue weighted by Crippen LogP contribution is 2.13. The van der Waals surface area contributed by atoms with Crippen molar-refractivity contribution < 1.29 is 13.5 Å². The lowest BCUT2D eigenvalue weighted by atomic mass is 10.1. The molecule has 0 saturated heterocycles. The number of aliphatic hydroxyl groups is 1. The number of aryl methyl sites for hydroxylation is 1. The van der Waals surface area contributed by atoms with Gasteiger partial charge in [0.15, 0.2) is 0 Å². The largest absolute Gasteiger partial charge is 0.387 e. The van der Waals surface area contributed by atoms with Crippen LogP contribution >= 0.6 is 0 Å². The zero-order chi connectivity index (χ0) is 14.5. The van der Waals surface area contributed by atoms with E-state index in [1.807, 2.05) is 45.0 Å². The van der Waals surface area contributed by atoms with Gasteiger partial charge in [-0.2, -0.15) is 0 Å². The zero-order valence-corrected chi connectivity index (χ0v) is 12.6. The summed E-state index contributed by atoms with van der Waals surface area (Å²) in [6.07, 6.45) is 0.00818. The molecule has 0 heterocycles. The quantitative estimate of drug-likeness (QED) is 0.805. The summed E-state index contributed by atoms with van der Waals surface area (Å²) in [5, 5.41) is 9.94. The fourth-order valence-corrected chi connectivity index (χ4v) is 3.18. The number of sulfonamides is 1. The molecule has 0 aliphatic rings. The third kappa shape index (κ3) is 5.72. The molecular weight excluding hydrogens is 262 g/mol. The highest BCUT2D eigenvalue weighted by Gasteiger charge is 2.16. The van der Waals surface area contributed by atoms with Gasteiger partial charge in [-0.15, -0.1) is 0 Å². The van der Waals surface area contributed by atoms with E-state index in [9.17, 15) is 13.5 Å². The summed E-state index contributed by atoms with van der Waals surface area (Å²) in [6.45, 7) is 5.84. The Morgan fingerprint density at radius 2 is 1.84 bits per heavy atom. The average Bonchev–Trinajstić information content (AvgIpc) is 2.36. The van der Waals surface area contributed by atoms with Gasteiger partial charge in [-0.3, -0.25) is 0 Å². The molecule has 2 atom stereocenters. The average molecular weight is 285 g/mol. The molecule has 0 aliphatic carbocycles. The second kappa shape index (κ2) is 7.03. The normalized spacial score (nSPS) is 15.2. The van der Waals surface area contributed by atoms with Crippen molar-refractivity contribution in [2.24, 2.45) is 5.92 Å². The molecule has 0 amide bonds. The second-order valence-corrected chi connectivity index (χ2v) is 6.92. The molecule has 0 aliphatic heterocycles. The van der Waals surface area contributed by atoms with Crippen LogP contribution < -0.4 is 4.72 Å². The van der Waals surface area contributed by atoms with E-state index < -0.39 is 16.1 Å². The monoisotopic (exact) mass is 285 g/mol. The van der Waals surface area contributed by atoms with Crippen molar-refractivity contribution in [2.45, 2.75) is 33.3 Å². The molecule has 1 aromatic carbocycles. The van der Waals surface area contributed by atoms with Gasteiger partial charge < -0.3 is 5.11 Å². The van der Waals surface area contributed by atoms with E-state index in [4.69, 9.17) is 0 Å². The number of rotatable bonds is 7. The van der Waals surface area contributed by atoms with Crippen LogP contribution in [0.4, 0.5) is 0 Å². The van der Waals surface area contributed by atoms with Crippen LogP contribution in [0.2, 0.25) is 0 Å². The summed E-state index contributed by atoms with van der Waals surface area (Å²) >= 11 is 0. The fraction of sp³-hybridized carbons (Fsp3) is 0.571. The molecule has 1 rings (SSSR count). The van der Waals surface area contributed by atoms with E-state index in [0.29, 0.717) is 0 Å². The molecule has 5 heteroatoms. The number of aliphatic hydroxyl groups excluding tert-OH is 1. The van der Waals surface area contributed by atoms with E-state index >= 15 is 0 Å². The maximum absolute atomic E-state index is 11.8. The van der Waals surface area contributed by atoms with Crippen molar-refractivity contribution in [3.63, 3.8) is 0 Å². The summed E-state index contributed by atoms with van der Waals surface area (Å²) in [4.78, 5) is 0. The van der Waals surface area contributed by atoms with E-state index in [-0.39, 0.29) is 18.2 Å². The van der Waals surface area contributed by atoms with Crippen molar-refractivity contribution in [1.29, 1.82) is 0 Å². The Bertz CT molecular complexity index is 482. The highest BCUT2D eigenvalue weighted by molar-refractivity contribution is 7.89. The van der Waals surface area contributed by atoms with E-state index in [1.165, 1.54) is 0 Å². The summed E-state index contributed by atoms with van der Waals surface area (Å²) in [7, 11) is -3.31. The van der Waals surface area contributed by atoms with Crippen LogP contribution in [0.15, 0.2) is 24.3 Å². The van der Waals surface area contributed by atoms with Gasteiger partial charge >= 0.3 is 0 Å². The lowest BCUT2D eigenvalue weighted by Crippen LogP contribution is -2.32. The van der Waals surface area contributed by atoms with Gasteiger partial charge in [0.05, 0.1) is 11.9 Å². The molecule has 2 N–H and O–H groups in total. The molecule has 0 aromatic heterocycles. The van der Waals surface area contributed by atoms with Gasteiger partial charge in [0, 0.05) is 6.54 Å². The summed E-state index contributed by atoms with van der Waals surface area (Å²) in [6, 6.07) is 7.41. The predicted molar refractivity (Wildman–Crippen MR) is 77.4 cm³/mol. The molecule has 0 bridgehead atoms. The molecular formula is C14H23NO3S. The lowest BCUT2D eigenvalue weighted by Gasteiger charge is -2.14. The Hall–Kier alpha value is -0.910. The first-order valence-corrected chi connectivity index (χ1v) is 8.21. The van der Waals surface area contributed by atoms with Crippen molar-refractivity contribution in [3.05, 3.63) is 35.4 Å². The number of hydrogen-bond acceptors (Lipinski definition) is 3. The first-order valence-electron chi connectivity index (χ1n) is 6.56. The predicted octanol–water partition coefficient (Wildman–Crippen LogP) is 1.99. The fourth-order valence-electron chi connectivity index (χ4n) is 1.66. The van der Waals surface area contributed by atoms with Crippen molar-refractivity contribution in [3.8, 4) is 0 Å². The third-order valence-electron chi connectivity index (χ3n) is 3.16. The van der Waals surface area contributed by atoms with Gasteiger partial charge in [-0.1, -0.05) is 50.1 Å². The molecule has 0 fully saturated rings. The second-order valence-electron chi connectivity index (χ2n) is 5.07. The maximum atomic E-state index is 11.8. The van der Waals surface area contributed by atoms with Crippen LogP contribution in [0.3, 0.4) is 0 Å². The first kappa shape index (κ1) is 16.1. The van der Waals surface area contributed by atoms with Crippen LogP contribution in [0.25, 0.3) is 0 Å². The van der Waals surface area contributed by atoms with Gasteiger partial charge in [0.25, 0.3) is 0 Å². The van der Waals surface area contributed by atoms with E-state index in [2.05, 4.69) is 4.72 Å². The molecule has 1 aromatic rings. The van der Waals surface area contributed by atoms with Crippen LogP contribution in [0.1, 0.15) is 37.5 Å². The van der Waals surface area contributed by atoms with Crippen LogP contribution in [0.5, 0.6) is 0 Å². The maximum Gasteiger partial charge on any atom is 0.211 e. The third-order valence-corrected chi connectivity index (χ3v) is 4.77. The van der Waals surface area contributed by atoms with Gasteiger partial charge in [0.2, 0.25) is 10.0 Å². The molecule has 0 spiro atoms. The van der Waals surface area contributed by atoms with Crippen LogP contribution in [-0.2, 0) is 10.0 Å². The number of nitrogens with one attached hydrogen (secondary N) is 1. The minimum absolute atomic E-state index is 0.0157. The molecule has 0 saturated carbocycles. The first-order chi connectivity index (χ1) is 8.84. The Kier molecular flexibility index (Phi) is 5.97. The standard InChI is InChI=1S/C14H23NO3S/c1-4-11(2)10-19(17,18)15-9-14(16)13-7-5-12(3)6-8-13/h5-8,11,14-16H,4,9-10H2,1-3H3. The van der Waals surface area contributed by atoms with Crippen molar-refractivity contribution in [2.75, 3.05) is 12.3 Å². The Morgan fingerprint density at radius 3 is 2.37 bits per heavy atom. The van der Waals surface area contributed by atoms with Gasteiger partial charge in [-0.05, 0) is 18.4 Å². The number of benzene rings is 1. The smallest absolute Gasteiger partial charge is 0.211 e. The topological polar surface area (TPSA) is 66.4 Å². The van der Waals surface area contributed by atoms with E-state index in [0.717, 1.165) is 17.5 Å². The van der Waals surface area contributed by atoms with Crippen LogP contribution in [0, 0.1) is 12.8 Å². The summed E-state index contributed by atoms with van der Waals surface area (Å²) < 4.78 is 26.0. The molecule has 4 nitrogen and oxygen atoms in total. The van der Waals surface area contributed by atoms with Crippen LogP contribution in [-0.4, -0.2) is 25.8 Å². The molecule has 108 valence electrons. The highest BCUT2D eigenvalue weighted by atomic mass is 32.2. The van der Waals surface area contributed by atoms with Gasteiger partial charge in [0.1, 0.15) is 0 Å². The molecule has 2 unspecified atom stereocenters. The lowest BCUT2D eigenvalue weighted by molar-refractivity contribution is 0.182. The summed E-state index contributed by atoms with van der Waals surface area (Å²) in [5.41, 5.74) is 1.82. The zero-order valence-electron chi connectivity index (χ0n) is 11.8. The minimum Gasteiger partial charge on any atom is -0.387 e. The molecule has 19 heavy (non-hydrogen) atoms. The summed E-state index contributed by atoms with van der Waals surface area (Å²) in [5.74, 6) is 0.221.